The summed E-state index contributed by atoms with van der Waals surface area (Å²) in [6.45, 7) is 10.1. The highest BCUT2D eigenvalue weighted by Crippen LogP contribution is 2.40. The second kappa shape index (κ2) is 6.71. The Balaban J connectivity index is 2.10. The lowest BCUT2D eigenvalue weighted by Crippen LogP contribution is -2.17. The van der Waals surface area contributed by atoms with E-state index < -0.39 is 0 Å². The molecule has 1 heterocycles. The zero-order chi connectivity index (χ0) is 19.0. The fourth-order valence-corrected chi connectivity index (χ4v) is 3.02. The zero-order valence-electron chi connectivity index (χ0n) is 15.6. The van der Waals surface area contributed by atoms with Gasteiger partial charge in [-0.25, -0.2) is 4.39 Å². The van der Waals surface area contributed by atoms with Crippen LogP contribution in [0.25, 0.3) is 5.57 Å². The molecule has 0 amide bonds. The van der Waals surface area contributed by atoms with Crippen LogP contribution in [0.4, 0.5) is 10.1 Å². The molecule has 0 spiro atoms. The molecule has 0 saturated heterocycles. The first kappa shape index (κ1) is 17.8. The van der Waals surface area contributed by atoms with Crippen LogP contribution in [0.1, 0.15) is 25.0 Å². The summed E-state index contributed by atoms with van der Waals surface area (Å²) >= 11 is 0. The minimum absolute atomic E-state index is 0.281. The van der Waals surface area contributed by atoms with Crippen LogP contribution in [-0.2, 0) is 0 Å². The van der Waals surface area contributed by atoms with Gasteiger partial charge in [-0.1, -0.05) is 6.58 Å². The molecular weight excluding hydrogens is 327 g/mol. The lowest BCUT2D eigenvalue weighted by Gasteiger charge is -2.28. The van der Waals surface area contributed by atoms with E-state index in [9.17, 15) is 4.39 Å². The number of hydrogen-bond donors (Lipinski definition) is 1. The molecule has 0 atom stereocenters. The van der Waals surface area contributed by atoms with Crippen molar-refractivity contribution < 1.29 is 9.13 Å². The lowest BCUT2D eigenvalue weighted by atomic mass is 9.91. The Hall–Kier alpha value is -3.01. The third-order valence-corrected chi connectivity index (χ3v) is 4.80. The van der Waals surface area contributed by atoms with Crippen LogP contribution < -0.4 is 10.5 Å². The number of halogens is 1. The molecule has 3 nitrogen and oxygen atoms in total. The van der Waals surface area contributed by atoms with Crippen LogP contribution in [0.3, 0.4) is 0 Å². The summed E-state index contributed by atoms with van der Waals surface area (Å²) in [5.41, 5.74) is 12.6. The second-order valence-electron chi connectivity index (χ2n) is 6.62. The summed E-state index contributed by atoms with van der Waals surface area (Å²) in [5.74, 6) is 1.01. The molecule has 1 aliphatic rings. The van der Waals surface area contributed by atoms with E-state index in [0.717, 1.165) is 33.5 Å². The molecule has 3 rings (SSSR count). The molecule has 0 saturated carbocycles. The van der Waals surface area contributed by atoms with Crippen molar-refractivity contribution in [3.05, 3.63) is 83.0 Å². The number of hydrogen-bond acceptors (Lipinski definition) is 3. The highest BCUT2D eigenvalue weighted by molar-refractivity contribution is 5.85. The fourth-order valence-electron chi connectivity index (χ4n) is 3.02. The van der Waals surface area contributed by atoms with Gasteiger partial charge in [0.15, 0.2) is 0 Å². The maximum atomic E-state index is 13.4. The maximum Gasteiger partial charge on any atom is 0.135 e. The van der Waals surface area contributed by atoms with Crippen molar-refractivity contribution in [2.45, 2.75) is 20.8 Å². The Bertz CT molecular complexity index is 957. The summed E-state index contributed by atoms with van der Waals surface area (Å²) in [6, 6.07) is 10.0. The minimum Gasteiger partial charge on any atom is -0.456 e. The second-order valence-corrected chi connectivity index (χ2v) is 6.62. The quantitative estimate of drug-likeness (QED) is 0.728. The van der Waals surface area contributed by atoms with Crippen molar-refractivity contribution in [1.29, 1.82) is 0 Å². The maximum absolute atomic E-state index is 13.4. The number of benzene rings is 2. The Labute approximate surface area is 153 Å². The van der Waals surface area contributed by atoms with Crippen LogP contribution in [0, 0.1) is 12.7 Å². The van der Waals surface area contributed by atoms with Gasteiger partial charge in [0, 0.05) is 35.8 Å². The van der Waals surface area contributed by atoms with Crippen LogP contribution in [0.15, 0.2) is 66.0 Å². The summed E-state index contributed by atoms with van der Waals surface area (Å²) < 4.78 is 19.5. The number of allylic oxidation sites excluding steroid dienone is 3. The van der Waals surface area contributed by atoms with Crippen molar-refractivity contribution in [1.82, 2.24) is 4.90 Å². The fraction of sp³-hybridized carbons (Fsp3) is 0.182. The van der Waals surface area contributed by atoms with Gasteiger partial charge in [-0.15, -0.1) is 0 Å². The van der Waals surface area contributed by atoms with Gasteiger partial charge in [0.25, 0.3) is 0 Å². The Morgan fingerprint density at radius 1 is 1.00 bits per heavy atom. The third kappa shape index (κ3) is 3.23. The van der Waals surface area contributed by atoms with Crippen molar-refractivity contribution in [3.63, 3.8) is 0 Å². The lowest BCUT2D eigenvalue weighted by molar-refractivity contribution is 0.474. The van der Waals surface area contributed by atoms with Gasteiger partial charge in [-0.2, -0.15) is 0 Å². The largest absolute Gasteiger partial charge is 0.456 e. The van der Waals surface area contributed by atoms with Crippen LogP contribution in [0.5, 0.6) is 11.5 Å². The molecule has 0 aliphatic carbocycles. The Morgan fingerprint density at radius 3 is 2.38 bits per heavy atom. The smallest absolute Gasteiger partial charge is 0.135 e. The molecule has 2 aromatic carbocycles. The van der Waals surface area contributed by atoms with Gasteiger partial charge < -0.3 is 15.4 Å². The van der Waals surface area contributed by atoms with Gasteiger partial charge in [0.05, 0.1) is 0 Å². The van der Waals surface area contributed by atoms with Crippen molar-refractivity contribution in [3.8, 4) is 11.5 Å². The molecule has 1 aliphatic heterocycles. The number of anilines is 1. The average molecular weight is 350 g/mol. The first-order chi connectivity index (χ1) is 12.3. The molecule has 134 valence electrons. The predicted molar refractivity (Wildman–Crippen MR) is 105 cm³/mol. The molecule has 0 radical (unpaired) electrons. The van der Waals surface area contributed by atoms with E-state index in [-0.39, 0.29) is 5.82 Å². The number of aryl methyl sites for hydroxylation is 1. The molecule has 0 aromatic heterocycles. The Kier molecular flexibility index (Phi) is 4.60. The van der Waals surface area contributed by atoms with Crippen molar-refractivity contribution >= 4 is 11.3 Å². The molecule has 4 heteroatoms. The van der Waals surface area contributed by atoms with Crippen LogP contribution in [0.2, 0.25) is 0 Å². The number of nitrogen functional groups attached to an aromatic ring is 1. The van der Waals surface area contributed by atoms with Crippen molar-refractivity contribution in [2.75, 3.05) is 12.8 Å². The summed E-state index contributed by atoms with van der Waals surface area (Å²) in [7, 11) is 1.97. The minimum atomic E-state index is -0.281. The molecule has 0 unspecified atom stereocenters. The average Bonchev–Trinajstić information content (AvgIpc) is 2.60. The van der Waals surface area contributed by atoms with Crippen molar-refractivity contribution in [2.24, 2.45) is 0 Å². The zero-order valence-corrected chi connectivity index (χ0v) is 15.6. The van der Waals surface area contributed by atoms with E-state index in [0.29, 0.717) is 17.2 Å². The van der Waals surface area contributed by atoms with E-state index >= 15 is 0 Å². The van der Waals surface area contributed by atoms with Gasteiger partial charge in [0.1, 0.15) is 17.3 Å². The van der Waals surface area contributed by atoms with Gasteiger partial charge in [-0.3, -0.25) is 0 Å². The normalized spacial score (nSPS) is 14.6. The van der Waals surface area contributed by atoms with Crippen LogP contribution >= 0.6 is 0 Å². The van der Waals surface area contributed by atoms with Crippen LogP contribution in [-0.4, -0.2) is 11.9 Å². The van der Waals surface area contributed by atoms with E-state index in [2.05, 4.69) is 20.4 Å². The number of nitrogens with two attached hydrogens (primary N) is 1. The molecule has 0 bridgehead atoms. The molecular formula is C22H23FN2O. The molecule has 2 N–H and O–H groups in total. The number of rotatable bonds is 3. The van der Waals surface area contributed by atoms with E-state index in [1.807, 2.05) is 37.2 Å². The van der Waals surface area contributed by atoms with E-state index in [1.165, 1.54) is 12.1 Å². The first-order valence-electron chi connectivity index (χ1n) is 8.43. The Morgan fingerprint density at radius 2 is 1.69 bits per heavy atom. The number of ether oxygens (including phenoxy) is 1. The van der Waals surface area contributed by atoms with Gasteiger partial charge in [0.2, 0.25) is 0 Å². The third-order valence-electron chi connectivity index (χ3n) is 4.80. The first-order valence-corrected chi connectivity index (χ1v) is 8.43. The molecule has 2 aromatic rings. The van der Waals surface area contributed by atoms with E-state index in [4.69, 9.17) is 10.5 Å². The highest BCUT2D eigenvalue weighted by Gasteiger charge is 2.20. The number of likely N-dealkylation sites (N-methyl/N-ethyl adjacent to an activating group) is 1. The highest BCUT2D eigenvalue weighted by atomic mass is 19.1. The standard InChI is InChI=1S/C22H23FN2O/c1-13-10-17(23)6-8-21(13)26-22-9-7-18(24)11-19(22)20-12-25(5)16(4)14(2)15(20)3/h6-12H,4,24H2,1-3,5H3. The number of nitrogens with zero attached hydrogens (tertiary/aromatic N) is 1. The van der Waals surface area contributed by atoms with E-state index in [1.54, 1.807) is 12.1 Å². The summed E-state index contributed by atoms with van der Waals surface area (Å²) in [6.07, 6.45) is 2.03. The summed E-state index contributed by atoms with van der Waals surface area (Å²) in [5, 5.41) is 0. The monoisotopic (exact) mass is 350 g/mol. The molecule has 26 heavy (non-hydrogen) atoms. The summed E-state index contributed by atoms with van der Waals surface area (Å²) in [4.78, 5) is 1.99. The SMILES string of the molecule is C=C1C(C)=C(C)C(c2cc(N)ccc2Oc2ccc(F)cc2C)=CN1C. The topological polar surface area (TPSA) is 38.5 Å². The molecule has 0 fully saturated rings. The van der Waals surface area contributed by atoms with Gasteiger partial charge >= 0.3 is 0 Å². The van der Waals surface area contributed by atoms with Gasteiger partial charge in [-0.05, 0) is 73.9 Å². The predicted octanol–water partition coefficient (Wildman–Crippen LogP) is 5.65.